The van der Waals surface area contributed by atoms with Crippen molar-refractivity contribution in [2.75, 3.05) is 5.32 Å². The van der Waals surface area contributed by atoms with E-state index in [-0.39, 0.29) is 11.1 Å². The number of hydrogen-bond donors (Lipinski definition) is 3. The van der Waals surface area contributed by atoms with Crippen LogP contribution >= 0.6 is 0 Å². The molecule has 0 saturated carbocycles. The Balaban J connectivity index is 1.87. The summed E-state index contributed by atoms with van der Waals surface area (Å²) in [6, 6.07) is 10.6. The van der Waals surface area contributed by atoms with Gasteiger partial charge in [0.15, 0.2) is 0 Å². The molecule has 0 unspecified atom stereocenters. The lowest BCUT2D eigenvalue weighted by Crippen LogP contribution is -2.14. The smallest absolute Gasteiger partial charge is 0.336 e. The molecule has 2 heterocycles. The molecule has 31 heavy (non-hydrogen) atoms. The maximum Gasteiger partial charge on any atom is 0.336 e. The molecule has 4 N–H and O–H groups in total. The molecule has 8 heteroatoms. The van der Waals surface area contributed by atoms with Crippen LogP contribution in [0.3, 0.4) is 0 Å². The Morgan fingerprint density at radius 1 is 1.06 bits per heavy atom. The van der Waals surface area contributed by atoms with Crippen LogP contribution in [-0.2, 0) is 0 Å². The van der Waals surface area contributed by atoms with E-state index in [1.807, 2.05) is 32.0 Å². The van der Waals surface area contributed by atoms with E-state index in [4.69, 9.17) is 10.3 Å². The van der Waals surface area contributed by atoms with Crippen molar-refractivity contribution in [2.24, 2.45) is 5.73 Å². The van der Waals surface area contributed by atoms with Gasteiger partial charge in [-0.1, -0.05) is 23.4 Å². The number of aryl methyl sites for hydroxylation is 3. The monoisotopic (exact) mass is 416 g/mol. The molecule has 2 aromatic carbocycles. The van der Waals surface area contributed by atoms with Gasteiger partial charge in [-0.2, -0.15) is 0 Å². The molecule has 0 atom stereocenters. The number of nitrogens with one attached hydrogen (secondary N) is 1. The fourth-order valence-corrected chi connectivity index (χ4v) is 3.64. The summed E-state index contributed by atoms with van der Waals surface area (Å²) in [6.45, 7) is 5.43. The van der Waals surface area contributed by atoms with E-state index in [9.17, 15) is 14.7 Å². The van der Waals surface area contributed by atoms with E-state index in [0.29, 0.717) is 33.6 Å². The number of carbonyl (C=O) groups is 2. The second-order valence-electron chi connectivity index (χ2n) is 7.30. The lowest BCUT2D eigenvalue weighted by atomic mass is 10.0. The first-order valence-electron chi connectivity index (χ1n) is 9.53. The lowest BCUT2D eigenvalue weighted by Gasteiger charge is -2.15. The maximum absolute atomic E-state index is 12.1. The first-order valence-corrected chi connectivity index (χ1v) is 9.53. The SMILES string of the molecule is Cc1ccc(Nc2c(C(N)=O)cnc3cc(-c4c(C)noc4C)ccc23)cc1C(=O)O. The highest BCUT2D eigenvalue weighted by Gasteiger charge is 2.17. The molecule has 156 valence electrons. The average Bonchev–Trinajstić information content (AvgIpc) is 3.06. The zero-order valence-corrected chi connectivity index (χ0v) is 17.2. The molecule has 0 saturated heterocycles. The molecule has 2 aromatic heterocycles. The van der Waals surface area contributed by atoms with E-state index in [2.05, 4.69) is 15.5 Å². The summed E-state index contributed by atoms with van der Waals surface area (Å²) in [5.41, 5.74) is 10.7. The third-order valence-corrected chi connectivity index (χ3v) is 5.19. The molecule has 8 nitrogen and oxygen atoms in total. The third kappa shape index (κ3) is 3.59. The number of aromatic nitrogens is 2. The van der Waals surface area contributed by atoms with Gasteiger partial charge in [0.25, 0.3) is 5.91 Å². The molecule has 0 aliphatic carbocycles. The van der Waals surface area contributed by atoms with Crippen LogP contribution in [0.5, 0.6) is 0 Å². The number of pyridine rings is 1. The largest absolute Gasteiger partial charge is 0.478 e. The van der Waals surface area contributed by atoms with Crippen LogP contribution in [0.25, 0.3) is 22.0 Å². The maximum atomic E-state index is 12.1. The van der Waals surface area contributed by atoms with Crippen molar-refractivity contribution < 1.29 is 19.2 Å². The van der Waals surface area contributed by atoms with Crippen molar-refractivity contribution in [1.82, 2.24) is 10.1 Å². The first kappa shape index (κ1) is 20.1. The number of carboxylic acid groups (broad SMARTS) is 1. The normalized spacial score (nSPS) is 10.9. The van der Waals surface area contributed by atoms with E-state index < -0.39 is 11.9 Å². The van der Waals surface area contributed by atoms with Gasteiger partial charge in [0.1, 0.15) is 5.76 Å². The van der Waals surface area contributed by atoms with Crippen molar-refractivity contribution in [3.8, 4) is 11.1 Å². The van der Waals surface area contributed by atoms with Crippen molar-refractivity contribution in [3.63, 3.8) is 0 Å². The first-order chi connectivity index (χ1) is 14.8. The zero-order chi connectivity index (χ0) is 22.3. The predicted octanol–water partition coefficient (Wildman–Crippen LogP) is 4.36. The number of hydrogen-bond acceptors (Lipinski definition) is 6. The Bertz CT molecular complexity index is 1340. The Morgan fingerprint density at radius 3 is 2.48 bits per heavy atom. The summed E-state index contributed by atoms with van der Waals surface area (Å²) in [7, 11) is 0. The second kappa shape index (κ2) is 7.56. The minimum absolute atomic E-state index is 0.171. The van der Waals surface area contributed by atoms with Gasteiger partial charge in [-0.15, -0.1) is 0 Å². The molecule has 4 aromatic rings. The van der Waals surface area contributed by atoms with Crippen LogP contribution in [-0.4, -0.2) is 27.1 Å². The fourth-order valence-electron chi connectivity index (χ4n) is 3.64. The van der Waals surface area contributed by atoms with Crippen LogP contribution in [0.15, 0.2) is 47.1 Å². The second-order valence-corrected chi connectivity index (χ2v) is 7.30. The van der Waals surface area contributed by atoms with Crippen LogP contribution in [0.4, 0.5) is 11.4 Å². The number of aromatic carboxylic acids is 1. The standard InChI is InChI=1S/C23H20N4O4/c1-11-4-6-15(9-17(11)23(29)30)26-21-16-7-5-14(20-12(2)27-31-13(20)3)8-19(16)25-10-18(21)22(24)28/h4-10H,1-3H3,(H2,24,28)(H,25,26)(H,29,30). The van der Waals surface area contributed by atoms with Crippen LogP contribution < -0.4 is 11.1 Å². The van der Waals surface area contributed by atoms with Crippen molar-refractivity contribution >= 4 is 34.2 Å². The lowest BCUT2D eigenvalue weighted by molar-refractivity contribution is 0.0696. The number of primary amides is 1. The van der Waals surface area contributed by atoms with Gasteiger partial charge >= 0.3 is 5.97 Å². The van der Waals surface area contributed by atoms with Crippen molar-refractivity contribution in [2.45, 2.75) is 20.8 Å². The quantitative estimate of drug-likeness (QED) is 0.440. The minimum Gasteiger partial charge on any atom is -0.478 e. The molecule has 0 fully saturated rings. The van der Waals surface area contributed by atoms with E-state index in [1.165, 1.54) is 12.3 Å². The third-order valence-electron chi connectivity index (χ3n) is 5.19. The molecule has 0 radical (unpaired) electrons. The van der Waals surface area contributed by atoms with Crippen LogP contribution in [0.2, 0.25) is 0 Å². The van der Waals surface area contributed by atoms with Crippen LogP contribution in [0.1, 0.15) is 37.7 Å². The Labute approximate surface area is 177 Å². The number of benzene rings is 2. The van der Waals surface area contributed by atoms with Crippen LogP contribution in [0, 0.1) is 20.8 Å². The van der Waals surface area contributed by atoms with E-state index >= 15 is 0 Å². The molecule has 1 amide bonds. The van der Waals surface area contributed by atoms with E-state index in [0.717, 1.165) is 16.8 Å². The number of fused-ring (bicyclic) bond motifs is 1. The average molecular weight is 416 g/mol. The summed E-state index contributed by atoms with van der Waals surface area (Å²) < 4.78 is 5.26. The topological polar surface area (TPSA) is 131 Å². The number of nitrogens with two attached hydrogens (primary N) is 1. The summed E-state index contributed by atoms with van der Waals surface area (Å²) in [6.07, 6.45) is 1.41. The summed E-state index contributed by atoms with van der Waals surface area (Å²) in [5.74, 6) is -0.970. The molecular weight excluding hydrogens is 396 g/mol. The summed E-state index contributed by atoms with van der Waals surface area (Å²) in [4.78, 5) is 28.0. The number of carbonyl (C=O) groups excluding carboxylic acids is 1. The number of rotatable bonds is 5. The highest BCUT2D eigenvalue weighted by molar-refractivity contribution is 6.08. The number of carboxylic acids is 1. The highest BCUT2D eigenvalue weighted by Crippen LogP contribution is 2.34. The predicted molar refractivity (Wildman–Crippen MR) is 117 cm³/mol. The molecular formula is C23H20N4O4. The van der Waals surface area contributed by atoms with Gasteiger partial charge in [0, 0.05) is 22.8 Å². The Kier molecular flexibility index (Phi) is 4.90. The fraction of sp³-hybridized carbons (Fsp3) is 0.130. The van der Waals surface area contributed by atoms with Gasteiger partial charge in [0.05, 0.1) is 28.0 Å². The van der Waals surface area contributed by atoms with Gasteiger partial charge in [-0.3, -0.25) is 9.78 Å². The van der Waals surface area contributed by atoms with Gasteiger partial charge in [0.2, 0.25) is 0 Å². The van der Waals surface area contributed by atoms with E-state index in [1.54, 1.807) is 19.1 Å². The number of anilines is 2. The van der Waals surface area contributed by atoms with Gasteiger partial charge < -0.3 is 20.7 Å². The molecule has 0 aliphatic rings. The van der Waals surface area contributed by atoms with Crippen molar-refractivity contribution in [3.05, 3.63) is 70.7 Å². The van der Waals surface area contributed by atoms with Gasteiger partial charge in [-0.05, 0) is 50.1 Å². The Hall–Kier alpha value is -4.20. The molecule has 0 aliphatic heterocycles. The summed E-state index contributed by atoms with van der Waals surface area (Å²) >= 11 is 0. The number of nitrogens with zero attached hydrogens (tertiary/aromatic N) is 2. The minimum atomic E-state index is -1.03. The Morgan fingerprint density at radius 2 is 1.84 bits per heavy atom. The molecule has 0 spiro atoms. The zero-order valence-electron chi connectivity index (χ0n) is 17.2. The molecule has 0 bridgehead atoms. The van der Waals surface area contributed by atoms with Crippen molar-refractivity contribution in [1.29, 1.82) is 0 Å². The highest BCUT2D eigenvalue weighted by atomic mass is 16.5. The summed E-state index contributed by atoms with van der Waals surface area (Å²) in [5, 5.41) is 17.2. The number of amides is 1. The molecule has 4 rings (SSSR count). The van der Waals surface area contributed by atoms with Gasteiger partial charge in [-0.25, -0.2) is 4.79 Å².